The maximum atomic E-state index is 10.9. The summed E-state index contributed by atoms with van der Waals surface area (Å²) in [5.74, 6) is 0. The van der Waals surface area contributed by atoms with Crippen molar-refractivity contribution in [2.24, 2.45) is 0 Å². The normalized spacial score (nSPS) is 12.6. The van der Waals surface area contributed by atoms with E-state index >= 15 is 0 Å². The maximum absolute atomic E-state index is 10.9. The van der Waals surface area contributed by atoms with Crippen LogP contribution in [0, 0.1) is 0 Å². The van der Waals surface area contributed by atoms with Crippen molar-refractivity contribution in [2.45, 2.75) is 26.5 Å². The average molecular weight is 194 g/mol. The quantitative estimate of drug-likeness (QED) is 0.640. The first-order valence-corrected chi connectivity index (χ1v) is 4.99. The van der Waals surface area contributed by atoms with E-state index in [0.29, 0.717) is 6.54 Å². The van der Waals surface area contributed by atoms with Crippen LogP contribution in [-0.4, -0.2) is 19.7 Å². The van der Waals surface area contributed by atoms with Gasteiger partial charge in [-0.05, 0) is 6.92 Å². The summed E-state index contributed by atoms with van der Waals surface area (Å²) in [4.78, 5) is 2.16. The summed E-state index contributed by atoms with van der Waals surface area (Å²) in [6.45, 7) is 5.32. The fourth-order valence-electron chi connectivity index (χ4n) is 1.31. The standard InChI is InChI=1S/C11H18N2O/c1-4-12(3)11-5-7-13(8-6-11)9-10(2)14/h5-8,10H,4,9H2,1-3H3. The Kier molecular flexibility index (Phi) is 3.89. The van der Waals surface area contributed by atoms with Crippen LogP contribution >= 0.6 is 0 Å². The van der Waals surface area contributed by atoms with Crippen LogP contribution in [0.15, 0.2) is 24.5 Å². The van der Waals surface area contributed by atoms with Crippen molar-refractivity contribution in [3.05, 3.63) is 24.5 Å². The lowest BCUT2D eigenvalue weighted by Crippen LogP contribution is -2.43. The van der Waals surface area contributed by atoms with E-state index in [0.717, 1.165) is 6.54 Å². The lowest BCUT2D eigenvalue weighted by Gasteiger charge is -2.16. The molecule has 3 heteroatoms. The predicted octanol–water partition coefficient (Wildman–Crippen LogP) is 0.179. The molecule has 0 spiro atoms. The molecule has 1 unspecified atom stereocenters. The Morgan fingerprint density at radius 1 is 1.43 bits per heavy atom. The fourth-order valence-corrected chi connectivity index (χ4v) is 1.31. The summed E-state index contributed by atoms with van der Waals surface area (Å²) in [6.07, 6.45) is 3.36. The molecule has 0 radical (unpaired) electrons. The van der Waals surface area contributed by atoms with Crippen molar-refractivity contribution >= 4 is 5.69 Å². The third-order valence-electron chi connectivity index (χ3n) is 2.26. The van der Waals surface area contributed by atoms with E-state index in [1.165, 1.54) is 5.69 Å². The summed E-state index contributed by atoms with van der Waals surface area (Å²) in [5.41, 5.74) is 1.18. The molecule has 1 rings (SSSR count). The maximum Gasteiger partial charge on any atom is 0.170 e. The first kappa shape index (κ1) is 11.0. The lowest BCUT2D eigenvalue weighted by atomic mass is 10.3. The zero-order chi connectivity index (χ0) is 10.6. The minimum absolute atomic E-state index is 0.538. The van der Waals surface area contributed by atoms with Gasteiger partial charge in [-0.1, -0.05) is 13.0 Å². The Hall–Kier alpha value is -1.09. The molecule has 78 valence electrons. The molecule has 0 amide bonds. The van der Waals surface area contributed by atoms with Crippen molar-refractivity contribution in [3.8, 4) is 0 Å². The Morgan fingerprint density at radius 3 is 2.43 bits per heavy atom. The number of hydrogen-bond donors (Lipinski definition) is 0. The van der Waals surface area contributed by atoms with Crippen LogP contribution in [0.25, 0.3) is 0 Å². The highest BCUT2D eigenvalue weighted by molar-refractivity contribution is 5.42. The molecule has 0 aromatic carbocycles. The van der Waals surface area contributed by atoms with Crippen LogP contribution in [0.2, 0.25) is 0 Å². The van der Waals surface area contributed by atoms with Crippen LogP contribution in [0.4, 0.5) is 5.69 Å². The third-order valence-corrected chi connectivity index (χ3v) is 2.26. The second-order valence-corrected chi connectivity index (χ2v) is 3.58. The topological polar surface area (TPSA) is 30.2 Å². The van der Waals surface area contributed by atoms with Crippen molar-refractivity contribution in [1.82, 2.24) is 0 Å². The van der Waals surface area contributed by atoms with E-state index < -0.39 is 6.10 Å². The molecule has 0 saturated heterocycles. The highest BCUT2D eigenvalue weighted by Gasteiger charge is 2.02. The van der Waals surface area contributed by atoms with E-state index in [9.17, 15) is 5.11 Å². The largest absolute Gasteiger partial charge is 0.848 e. The molecule has 1 aromatic rings. The second kappa shape index (κ2) is 4.96. The number of pyridine rings is 1. The minimum atomic E-state index is -0.547. The first-order valence-electron chi connectivity index (χ1n) is 4.99. The van der Waals surface area contributed by atoms with Crippen molar-refractivity contribution in [2.75, 3.05) is 18.5 Å². The van der Waals surface area contributed by atoms with Gasteiger partial charge in [0.15, 0.2) is 12.4 Å². The van der Waals surface area contributed by atoms with Crippen LogP contribution in [0.3, 0.4) is 0 Å². The molecule has 1 heterocycles. The molecule has 14 heavy (non-hydrogen) atoms. The van der Waals surface area contributed by atoms with E-state index in [1.807, 2.05) is 29.1 Å². The molecule has 0 aliphatic carbocycles. The summed E-state index contributed by atoms with van der Waals surface area (Å²) in [5, 5.41) is 10.9. The summed E-state index contributed by atoms with van der Waals surface area (Å²) < 4.78 is 1.92. The molecule has 3 nitrogen and oxygen atoms in total. The van der Waals surface area contributed by atoms with Crippen LogP contribution in [-0.2, 0) is 6.54 Å². The van der Waals surface area contributed by atoms with Gasteiger partial charge in [0, 0.05) is 31.4 Å². The highest BCUT2D eigenvalue weighted by atomic mass is 16.3. The Balaban J connectivity index is 2.68. The van der Waals surface area contributed by atoms with Crippen LogP contribution in [0.1, 0.15) is 13.8 Å². The smallest absolute Gasteiger partial charge is 0.170 e. The van der Waals surface area contributed by atoms with Crippen LogP contribution < -0.4 is 14.6 Å². The molecule has 0 bridgehead atoms. The zero-order valence-electron chi connectivity index (χ0n) is 9.10. The molecule has 1 atom stereocenters. The van der Waals surface area contributed by atoms with E-state index in [4.69, 9.17) is 0 Å². The van der Waals surface area contributed by atoms with Gasteiger partial charge in [-0.2, -0.15) is 0 Å². The van der Waals surface area contributed by atoms with Gasteiger partial charge < -0.3 is 10.0 Å². The lowest BCUT2D eigenvalue weighted by molar-refractivity contribution is -0.721. The first-order chi connectivity index (χ1) is 6.63. The molecule has 0 N–H and O–H groups in total. The van der Waals surface area contributed by atoms with Crippen molar-refractivity contribution < 1.29 is 9.67 Å². The van der Waals surface area contributed by atoms with Gasteiger partial charge in [0.25, 0.3) is 0 Å². The third kappa shape index (κ3) is 3.00. The van der Waals surface area contributed by atoms with Gasteiger partial charge in [-0.25, -0.2) is 4.57 Å². The van der Waals surface area contributed by atoms with E-state index in [2.05, 4.69) is 18.9 Å². The number of hydrogen-bond acceptors (Lipinski definition) is 2. The zero-order valence-corrected chi connectivity index (χ0v) is 9.10. The van der Waals surface area contributed by atoms with Crippen molar-refractivity contribution in [3.63, 3.8) is 0 Å². The van der Waals surface area contributed by atoms with Gasteiger partial charge in [0.05, 0.1) is 0 Å². The molecule has 0 fully saturated rings. The van der Waals surface area contributed by atoms with E-state index in [1.54, 1.807) is 6.92 Å². The summed E-state index contributed by atoms with van der Waals surface area (Å²) in [6, 6.07) is 4.07. The second-order valence-electron chi connectivity index (χ2n) is 3.58. The average Bonchev–Trinajstić information content (AvgIpc) is 2.17. The number of anilines is 1. The fraction of sp³-hybridized carbons (Fsp3) is 0.545. The van der Waals surface area contributed by atoms with Crippen LogP contribution in [0.5, 0.6) is 0 Å². The highest BCUT2D eigenvalue weighted by Crippen LogP contribution is 2.07. The SMILES string of the molecule is CCN(C)c1cc[n+](CC(C)[O-])cc1. The monoisotopic (exact) mass is 194 g/mol. The predicted molar refractivity (Wildman–Crippen MR) is 55.0 cm³/mol. The number of nitrogens with zero attached hydrogens (tertiary/aromatic N) is 2. The molecular weight excluding hydrogens is 176 g/mol. The molecule has 1 aromatic heterocycles. The van der Waals surface area contributed by atoms with Gasteiger partial charge in [0.1, 0.15) is 6.54 Å². The Labute approximate surface area is 85.6 Å². The molecule has 0 aliphatic heterocycles. The summed E-state index contributed by atoms with van der Waals surface area (Å²) in [7, 11) is 2.05. The summed E-state index contributed by atoms with van der Waals surface area (Å²) >= 11 is 0. The van der Waals surface area contributed by atoms with E-state index in [-0.39, 0.29) is 0 Å². The number of rotatable bonds is 4. The van der Waals surface area contributed by atoms with Gasteiger partial charge >= 0.3 is 0 Å². The Morgan fingerprint density at radius 2 is 2.00 bits per heavy atom. The minimum Gasteiger partial charge on any atom is -0.848 e. The molecule has 0 saturated carbocycles. The van der Waals surface area contributed by atoms with Gasteiger partial charge in [-0.3, -0.25) is 0 Å². The van der Waals surface area contributed by atoms with Gasteiger partial charge in [0.2, 0.25) is 0 Å². The van der Waals surface area contributed by atoms with Gasteiger partial charge in [-0.15, -0.1) is 0 Å². The number of aromatic nitrogens is 1. The Bertz CT molecular complexity index is 269. The van der Waals surface area contributed by atoms with Crippen molar-refractivity contribution in [1.29, 1.82) is 0 Å². The molecular formula is C11H18N2O. The molecule has 0 aliphatic rings.